The molecule has 3 unspecified atom stereocenters. The van der Waals surface area contributed by atoms with E-state index in [1.807, 2.05) is 0 Å². The maximum atomic E-state index is 12.0. The molecule has 0 aromatic carbocycles. The van der Waals surface area contributed by atoms with Crippen molar-refractivity contribution in [3.63, 3.8) is 0 Å². The van der Waals surface area contributed by atoms with Crippen LogP contribution in [-0.2, 0) is 0 Å². The summed E-state index contributed by atoms with van der Waals surface area (Å²) in [7, 11) is 0. The second-order valence-electron chi connectivity index (χ2n) is 3.78. The summed E-state index contributed by atoms with van der Waals surface area (Å²) >= 11 is 0. The number of hydrogen-bond acceptors (Lipinski definition) is 2. The zero-order valence-electron chi connectivity index (χ0n) is 7.83. The van der Waals surface area contributed by atoms with Gasteiger partial charge in [0, 0.05) is 18.6 Å². The number of nitrogens with zero attached hydrogens (tertiary/aromatic N) is 1. The molecule has 0 bridgehead atoms. The first-order valence-electron chi connectivity index (χ1n) is 4.65. The summed E-state index contributed by atoms with van der Waals surface area (Å²) in [5, 5.41) is 9.14. The first kappa shape index (κ1) is 9.93. The van der Waals surface area contributed by atoms with Crippen LogP contribution in [0, 0.1) is 0 Å². The summed E-state index contributed by atoms with van der Waals surface area (Å²) in [5.41, 5.74) is 0. The van der Waals surface area contributed by atoms with E-state index in [-0.39, 0.29) is 0 Å². The standard InChI is InChI=1S/C9H18FNO/c1-7-3-4-8(2)11(7)6-9(12)5-10/h7-9,12H,3-6H2,1-2H3. The summed E-state index contributed by atoms with van der Waals surface area (Å²) in [4.78, 5) is 2.18. The van der Waals surface area contributed by atoms with Gasteiger partial charge in [0.05, 0.1) is 6.10 Å². The van der Waals surface area contributed by atoms with Gasteiger partial charge in [-0.15, -0.1) is 0 Å². The van der Waals surface area contributed by atoms with Crippen molar-refractivity contribution in [2.45, 2.75) is 44.9 Å². The highest BCUT2D eigenvalue weighted by atomic mass is 19.1. The van der Waals surface area contributed by atoms with Gasteiger partial charge in [-0.1, -0.05) is 0 Å². The predicted molar refractivity (Wildman–Crippen MR) is 46.8 cm³/mol. The lowest BCUT2D eigenvalue weighted by Gasteiger charge is -2.27. The zero-order chi connectivity index (χ0) is 9.14. The topological polar surface area (TPSA) is 23.5 Å². The highest BCUT2D eigenvalue weighted by molar-refractivity contribution is 4.83. The third-order valence-electron chi connectivity index (χ3n) is 2.73. The molecule has 1 rings (SSSR count). The van der Waals surface area contributed by atoms with Crippen LogP contribution in [0.25, 0.3) is 0 Å². The second kappa shape index (κ2) is 4.19. The van der Waals surface area contributed by atoms with E-state index in [1.165, 1.54) is 12.8 Å². The van der Waals surface area contributed by atoms with Crippen LogP contribution in [0.2, 0.25) is 0 Å². The molecule has 1 fully saturated rings. The molecule has 1 aliphatic rings. The van der Waals surface area contributed by atoms with Gasteiger partial charge in [-0.05, 0) is 26.7 Å². The molecule has 12 heavy (non-hydrogen) atoms. The number of hydrogen-bond donors (Lipinski definition) is 1. The minimum atomic E-state index is -0.798. The average Bonchev–Trinajstić information content (AvgIpc) is 2.35. The van der Waals surface area contributed by atoms with Gasteiger partial charge in [0.2, 0.25) is 0 Å². The quantitative estimate of drug-likeness (QED) is 0.696. The summed E-state index contributed by atoms with van der Waals surface area (Å²) < 4.78 is 12.0. The van der Waals surface area contributed by atoms with Crippen molar-refractivity contribution in [2.75, 3.05) is 13.2 Å². The molecule has 3 atom stereocenters. The van der Waals surface area contributed by atoms with Gasteiger partial charge in [-0.25, -0.2) is 4.39 Å². The van der Waals surface area contributed by atoms with E-state index in [1.54, 1.807) is 0 Å². The Hall–Kier alpha value is -0.150. The molecule has 3 heteroatoms. The molecule has 2 nitrogen and oxygen atoms in total. The molecular formula is C9H18FNO. The number of rotatable bonds is 3. The normalized spacial score (nSPS) is 34.0. The van der Waals surface area contributed by atoms with Crippen LogP contribution in [0.4, 0.5) is 4.39 Å². The third-order valence-corrected chi connectivity index (χ3v) is 2.73. The fraction of sp³-hybridized carbons (Fsp3) is 1.00. The Kier molecular flexibility index (Phi) is 3.47. The number of aliphatic hydroxyl groups is 1. The SMILES string of the molecule is CC1CCC(C)N1CC(O)CF. The van der Waals surface area contributed by atoms with E-state index >= 15 is 0 Å². The van der Waals surface area contributed by atoms with Crippen LogP contribution >= 0.6 is 0 Å². The van der Waals surface area contributed by atoms with Crippen molar-refractivity contribution in [1.29, 1.82) is 0 Å². The van der Waals surface area contributed by atoms with Crippen molar-refractivity contribution >= 4 is 0 Å². The molecule has 0 saturated carbocycles. The molecule has 1 heterocycles. The molecule has 0 aromatic heterocycles. The van der Waals surface area contributed by atoms with Crippen molar-refractivity contribution in [3.8, 4) is 0 Å². The van der Waals surface area contributed by atoms with Gasteiger partial charge in [0.15, 0.2) is 0 Å². The van der Waals surface area contributed by atoms with Gasteiger partial charge >= 0.3 is 0 Å². The highest BCUT2D eigenvalue weighted by Gasteiger charge is 2.28. The summed E-state index contributed by atoms with van der Waals surface area (Å²) in [5.74, 6) is 0. The summed E-state index contributed by atoms with van der Waals surface area (Å²) in [6.07, 6.45) is 1.54. The first-order valence-corrected chi connectivity index (χ1v) is 4.65. The molecule has 1 N–H and O–H groups in total. The van der Waals surface area contributed by atoms with Crippen molar-refractivity contribution in [1.82, 2.24) is 4.90 Å². The van der Waals surface area contributed by atoms with E-state index < -0.39 is 12.8 Å². The largest absolute Gasteiger partial charge is 0.389 e. The Morgan fingerprint density at radius 2 is 1.92 bits per heavy atom. The number of halogens is 1. The Balaban J connectivity index is 2.38. The molecular weight excluding hydrogens is 157 g/mol. The maximum Gasteiger partial charge on any atom is 0.117 e. The third kappa shape index (κ3) is 2.17. The smallest absolute Gasteiger partial charge is 0.117 e. The first-order chi connectivity index (χ1) is 5.65. The molecule has 0 amide bonds. The monoisotopic (exact) mass is 175 g/mol. The zero-order valence-corrected chi connectivity index (χ0v) is 7.83. The van der Waals surface area contributed by atoms with Crippen LogP contribution in [0.15, 0.2) is 0 Å². The van der Waals surface area contributed by atoms with Gasteiger partial charge in [0.1, 0.15) is 6.67 Å². The number of alkyl halides is 1. The lowest BCUT2D eigenvalue weighted by Crippen LogP contribution is -2.39. The van der Waals surface area contributed by atoms with Gasteiger partial charge in [0.25, 0.3) is 0 Å². The number of likely N-dealkylation sites (tertiary alicyclic amines) is 1. The Morgan fingerprint density at radius 3 is 2.33 bits per heavy atom. The minimum Gasteiger partial charge on any atom is -0.389 e. The number of aliphatic hydroxyl groups excluding tert-OH is 1. The Morgan fingerprint density at radius 1 is 1.42 bits per heavy atom. The van der Waals surface area contributed by atoms with E-state index in [4.69, 9.17) is 5.11 Å². The van der Waals surface area contributed by atoms with Crippen LogP contribution < -0.4 is 0 Å². The average molecular weight is 175 g/mol. The minimum absolute atomic E-state index is 0.485. The second-order valence-corrected chi connectivity index (χ2v) is 3.78. The maximum absolute atomic E-state index is 12.0. The fourth-order valence-electron chi connectivity index (χ4n) is 1.90. The molecule has 1 saturated heterocycles. The lowest BCUT2D eigenvalue weighted by atomic mass is 10.2. The molecule has 72 valence electrons. The summed E-state index contributed by atoms with van der Waals surface area (Å²) in [6, 6.07) is 1.00. The van der Waals surface area contributed by atoms with E-state index in [9.17, 15) is 4.39 Å². The molecule has 0 spiro atoms. The number of β-amino-alcohol motifs (C(OH)–C–C–N with tert-alkyl or cyclic N) is 1. The van der Waals surface area contributed by atoms with Crippen LogP contribution in [0.1, 0.15) is 26.7 Å². The van der Waals surface area contributed by atoms with Gasteiger partial charge < -0.3 is 5.11 Å². The Labute approximate surface area is 73.4 Å². The molecule has 1 aliphatic heterocycles. The fourth-order valence-corrected chi connectivity index (χ4v) is 1.90. The lowest BCUT2D eigenvalue weighted by molar-refractivity contribution is 0.0726. The van der Waals surface area contributed by atoms with Crippen LogP contribution in [0.5, 0.6) is 0 Å². The van der Waals surface area contributed by atoms with Crippen LogP contribution in [-0.4, -0.2) is 41.4 Å². The van der Waals surface area contributed by atoms with Crippen molar-refractivity contribution in [3.05, 3.63) is 0 Å². The molecule has 0 aromatic rings. The molecule has 0 radical (unpaired) electrons. The van der Waals surface area contributed by atoms with E-state index in [0.29, 0.717) is 18.6 Å². The van der Waals surface area contributed by atoms with Gasteiger partial charge in [-0.2, -0.15) is 0 Å². The van der Waals surface area contributed by atoms with Crippen molar-refractivity contribution < 1.29 is 9.50 Å². The summed E-state index contributed by atoms with van der Waals surface area (Å²) in [6.45, 7) is 4.12. The van der Waals surface area contributed by atoms with E-state index in [2.05, 4.69) is 18.7 Å². The predicted octanol–water partition coefficient (Wildman–Crippen LogP) is 1.19. The molecule has 0 aliphatic carbocycles. The van der Waals surface area contributed by atoms with Crippen molar-refractivity contribution in [2.24, 2.45) is 0 Å². The van der Waals surface area contributed by atoms with Crippen LogP contribution in [0.3, 0.4) is 0 Å². The highest BCUT2D eigenvalue weighted by Crippen LogP contribution is 2.23. The van der Waals surface area contributed by atoms with E-state index in [0.717, 1.165) is 0 Å². The Bertz CT molecular complexity index is 132. The van der Waals surface area contributed by atoms with Gasteiger partial charge in [-0.3, -0.25) is 4.90 Å².